The molecule has 1 amide bonds. The van der Waals surface area contributed by atoms with Crippen LogP contribution in [0.1, 0.15) is 20.7 Å². The lowest BCUT2D eigenvalue weighted by Crippen LogP contribution is -2.30. The number of rotatable bonds is 5. The maximum Gasteiger partial charge on any atom is 0.339 e. The molecule has 0 heterocycles. The molecule has 0 spiro atoms. The molecule has 7 heteroatoms. The number of hydrogen-bond donors (Lipinski definition) is 0. The number of nitro groups is 1. The molecule has 0 saturated heterocycles. The average molecular weight is 314 g/mol. The third-order valence-corrected chi connectivity index (χ3v) is 3.07. The normalized spacial score (nSPS) is 9.96. The number of nitro benzene ring substituents is 1. The molecule has 0 aliphatic carbocycles. The molecule has 0 aromatic heterocycles. The smallest absolute Gasteiger partial charge is 0.339 e. The van der Waals surface area contributed by atoms with Crippen LogP contribution in [0.15, 0.2) is 54.6 Å². The topological polar surface area (TPSA) is 89.8 Å². The summed E-state index contributed by atoms with van der Waals surface area (Å²) in [5, 5.41) is 10.6. The number of amides is 1. The second-order valence-electron chi connectivity index (χ2n) is 4.73. The van der Waals surface area contributed by atoms with Crippen molar-refractivity contribution in [2.75, 3.05) is 13.8 Å². The van der Waals surface area contributed by atoms with Crippen molar-refractivity contribution >= 4 is 17.6 Å². The molecule has 0 aliphatic heterocycles. The molecule has 2 rings (SSSR count). The molecular weight excluding hydrogens is 300 g/mol. The van der Waals surface area contributed by atoms with E-state index in [9.17, 15) is 19.7 Å². The monoisotopic (exact) mass is 314 g/mol. The highest BCUT2D eigenvalue weighted by Gasteiger charge is 2.15. The van der Waals surface area contributed by atoms with Crippen molar-refractivity contribution in [3.05, 3.63) is 75.8 Å². The second kappa shape index (κ2) is 7.17. The van der Waals surface area contributed by atoms with E-state index in [-0.39, 0.29) is 18.0 Å². The standard InChI is InChI=1S/C16H14N2O5/c1-17(11-23-16(20)13-5-3-2-4-6-13)15(19)12-7-9-14(10-8-12)18(21)22/h2-10H,11H2,1H3. The van der Waals surface area contributed by atoms with Gasteiger partial charge in [0.2, 0.25) is 0 Å². The summed E-state index contributed by atoms with van der Waals surface area (Å²) in [6.07, 6.45) is 0. The van der Waals surface area contributed by atoms with Crippen LogP contribution in [0.2, 0.25) is 0 Å². The first-order valence-corrected chi connectivity index (χ1v) is 6.71. The van der Waals surface area contributed by atoms with Gasteiger partial charge in [-0.1, -0.05) is 18.2 Å². The minimum Gasteiger partial charge on any atom is -0.441 e. The Morgan fingerprint density at radius 2 is 1.65 bits per heavy atom. The first-order chi connectivity index (χ1) is 11.0. The number of carbonyl (C=O) groups excluding carboxylic acids is 2. The van der Waals surface area contributed by atoms with E-state index < -0.39 is 16.8 Å². The molecule has 0 bridgehead atoms. The number of carbonyl (C=O) groups is 2. The quantitative estimate of drug-likeness (QED) is 0.366. The van der Waals surface area contributed by atoms with Gasteiger partial charge in [-0.25, -0.2) is 4.79 Å². The molecule has 0 aliphatic rings. The summed E-state index contributed by atoms with van der Waals surface area (Å²) in [6.45, 7) is -0.219. The van der Waals surface area contributed by atoms with E-state index in [0.29, 0.717) is 5.56 Å². The van der Waals surface area contributed by atoms with Gasteiger partial charge in [-0.3, -0.25) is 14.9 Å². The molecule has 2 aromatic carbocycles. The van der Waals surface area contributed by atoms with Crippen LogP contribution in [0.3, 0.4) is 0 Å². The maximum absolute atomic E-state index is 12.1. The maximum atomic E-state index is 12.1. The number of hydrogen-bond acceptors (Lipinski definition) is 5. The van der Waals surface area contributed by atoms with Gasteiger partial charge >= 0.3 is 5.97 Å². The summed E-state index contributed by atoms with van der Waals surface area (Å²) < 4.78 is 5.05. The Morgan fingerprint density at radius 3 is 2.22 bits per heavy atom. The highest BCUT2D eigenvalue weighted by Crippen LogP contribution is 2.13. The van der Waals surface area contributed by atoms with E-state index in [0.717, 1.165) is 0 Å². The van der Waals surface area contributed by atoms with Gasteiger partial charge in [0.15, 0.2) is 6.73 Å². The molecular formula is C16H14N2O5. The van der Waals surface area contributed by atoms with Gasteiger partial charge < -0.3 is 9.64 Å². The zero-order valence-electron chi connectivity index (χ0n) is 12.3. The fraction of sp³-hybridized carbons (Fsp3) is 0.125. The molecule has 2 aromatic rings. The Hall–Kier alpha value is -3.22. The Morgan fingerprint density at radius 1 is 1.04 bits per heavy atom. The number of esters is 1. The van der Waals surface area contributed by atoms with Crippen molar-refractivity contribution in [1.82, 2.24) is 4.90 Å². The average Bonchev–Trinajstić information content (AvgIpc) is 2.59. The minimum atomic E-state index is -0.542. The van der Waals surface area contributed by atoms with Gasteiger partial charge in [0.1, 0.15) is 0 Å². The molecule has 0 atom stereocenters. The predicted octanol–water partition coefficient (Wildman–Crippen LogP) is 2.48. The van der Waals surface area contributed by atoms with E-state index in [1.807, 2.05) is 0 Å². The summed E-state index contributed by atoms with van der Waals surface area (Å²) in [7, 11) is 1.47. The van der Waals surface area contributed by atoms with Crippen LogP contribution >= 0.6 is 0 Å². The van der Waals surface area contributed by atoms with Gasteiger partial charge in [-0.2, -0.15) is 0 Å². The summed E-state index contributed by atoms with van der Waals surface area (Å²) in [6, 6.07) is 13.6. The van der Waals surface area contributed by atoms with Crippen molar-refractivity contribution in [3.63, 3.8) is 0 Å². The van der Waals surface area contributed by atoms with E-state index in [1.54, 1.807) is 30.3 Å². The van der Waals surface area contributed by atoms with Gasteiger partial charge in [0, 0.05) is 24.7 Å². The molecule has 0 radical (unpaired) electrons. The lowest BCUT2D eigenvalue weighted by Gasteiger charge is -2.17. The van der Waals surface area contributed by atoms with Crippen LogP contribution in [0, 0.1) is 10.1 Å². The van der Waals surface area contributed by atoms with Crippen molar-refractivity contribution in [2.45, 2.75) is 0 Å². The first kappa shape index (κ1) is 16.2. The first-order valence-electron chi connectivity index (χ1n) is 6.71. The van der Waals surface area contributed by atoms with E-state index in [1.165, 1.54) is 36.2 Å². The van der Waals surface area contributed by atoms with Crippen molar-refractivity contribution in [1.29, 1.82) is 0 Å². The molecule has 0 fully saturated rings. The molecule has 0 N–H and O–H groups in total. The van der Waals surface area contributed by atoms with Crippen LogP contribution in [0.25, 0.3) is 0 Å². The van der Waals surface area contributed by atoms with E-state index in [2.05, 4.69) is 0 Å². The Balaban J connectivity index is 1.94. The largest absolute Gasteiger partial charge is 0.441 e. The lowest BCUT2D eigenvalue weighted by molar-refractivity contribution is -0.384. The zero-order chi connectivity index (χ0) is 16.8. The second-order valence-corrected chi connectivity index (χ2v) is 4.73. The van der Waals surface area contributed by atoms with Crippen molar-refractivity contribution in [2.24, 2.45) is 0 Å². The van der Waals surface area contributed by atoms with Crippen LogP contribution in [0.4, 0.5) is 5.69 Å². The van der Waals surface area contributed by atoms with Gasteiger partial charge in [-0.05, 0) is 24.3 Å². The Labute approximate surface area is 132 Å². The molecule has 23 heavy (non-hydrogen) atoms. The number of benzene rings is 2. The molecule has 118 valence electrons. The third-order valence-electron chi connectivity index (χ3n) is 3.07. The van der Waals surface area contributed by atoms with E-state index >= 15 is 0 Å². The fourth-order valence-electron chi connectivity index (χ4n) is 1.82. The number of ether oxygens (including phenoxy) is 1. The summed E-state index contributed by atoms with van der Waals surface area (Å²) in [5.74, 6) is -0.935. The van der Waals surface area contributed by atoms with Crippen molar-refractivity contribution < 1.29 is 19.2 Å². The van der Waals surface area contributed by atoms with E-state index in [4.69, 9.17) is 4.74 Å². The Bertz CT molecular complexity index is 713. The predicted molar refractivity (Wildman–Crippen MR) is 81.9 cm³/mol. The highest BCUT2D eigenvalue weighted by molar-refractivity contribution is 5.94. The van der Waals surface area contributed by atoms with Gasteiger partial charge in [0.05, 0.1) is 10.5 Å². The van der Waals surface area contributed by atoms with Crippen molar-refractivity contribution in [3.8, 4) is 0 Å². The fourth-order valence-corrected chi connectivity index (χ4v) is 1.82. The number of nitrogens with zero attached hydrogens (tertiary/aromatic N) is 2. The van der Waals surface area contributed by atoms with Crippen LogP contribution in [0.5, 0.6) is 0 Å². The lowest BCUT2D eigenvalue weighted by atomic mass is 10.2. The third kappa shape index (κ3) is 4.13. The molecule has 0 unspecified atom stereocenters. The summed E-state index contributed by atoms with van der Waals surface area (Å²) in [5.41, 5.74) is 0.567. The number of non-ortho nitro benzene ring substituents is 1. The summed E-state index contributed by atoms with van der Waals surface area (Å²) >= 11 is 0. The molecule has 7 nitrogen and oxygen atoms in total. The minimum absolute atomic E-state index is 0.0975. The van der Waals surface area contributed by atoms with Crippen LogP contribution in [-0.4, -0.2) is 35.5 Å². The SMILES string of the molecule is CN(COC(=O)c1ccccc1)C(=O)c1ccc([N+](=O)[O-])cc1. The van der Waals surface area contributed by atoms with Crippen LogP contribution < -0.4 is 0 Å². The molecule has 0 saturated carbocycles. The summed E-state index contributed by atoms with van der Waals surface area (Å²) in [4.78, 5) is 35.2. The Kier molecular flexibility index (Phi) is 5.03. The van der Waals surface area contributed by atoms with Gasteiger partial charge in [0.25, 0.3) is 11.6 Å². The van der Waals surface area contributed by atoms with Gasteiger partial charge in [-0.15, -0.1) is 0 Å². The highest BCUT2D eigenvalue weighted by atomic mass is 16.6. The van der Waals surface area contributed by atoms with Crippen LogP contribution in [-0.2, 0) is 4.74 Å². The zero-order valence-corrected chi connectivity index (χ0v) is 12.3.